The molecule has 0 heterocycles. The van der Waals surface area contributed by atoms with Crippen molar-refractivity contribution >= 4 is 66.1 Å². The Bertz CT molecular complexity index is 865. The first-order chi connectivity index (χ1) is 13.2. The van der Waals surface area contributed by atoms with Crippen LogP contribution in [0, 0.1) is 13.7 Å². The third-order valence-electron chi connectivity index (χ3n) is 4.49. The molecule has 1 aromatic carbocycles. The fraction of sp³-hybridized carbons (Fsp3) is 0.444. The summed E-state index contributed by atoms with van der Waals surface area (Å²) in [4.78, 5) is 22.9. The highest BCUT2D eigenvalue weighted by molar-refractivity contribution is 14.1. The van der Waals surface area contributed by atoms with Gasteiger partial charge in [-0.25, -0.2) is 4.79 Å². The largest absolute Gasteiger partial charge is 0.506 e. The minimum atomic E-state index is -2.25. The highest BCUT2D eigenvalue weighted by Gasteiger charge is 2.39. The molecule has 0 amide bonds. The number of rotatable bonds is 7. The zero-order valence-corrected chi connectivity index (χ0v) is 21.0. The Morgan fingerprint density at radius 2 is 2.00 bits per heavy atom. The van der Waals surface area contributed by atoms with E-state index in [0.717, 1.165) is 6.21 Å². The van der Waals surface area contributed by atoms with Gasteiger partial charge in [-0.1, -0.05) is 32.4 Å². The van der Waals surface area contributed by atoms with Crippen LogP contribution in [0.4, 0.5) is 5.69 Å². The van der Waals surface area contributed by atoms with Crippen LogP contribution >= 0.6 is 34.2 Å². The number of nitro benzene ring substituents is 1. The molecule has 1 aromatic rings. The lowest BCUT2D eigenvalue weighted by Crippen LogP contribution is -2.39. The number of hydrogen-bond acceptors (Lipinski definition) is 7. The maximum Gasteiger partial charge on any atom is 0.343 e. The van der Waals surface area contributed by atoms with Crippen LogP contribution in [-0.4, -0.2) is 37.1 Å². The van der Waals surface area contributed by atoms with Crippen LogP contribution in [-0.2, 0) is 14.1 Å². The van der Waals surface area contributed by atoms with Crippen LogP contribution in [0.15, 0.2) is 22.9 Å². The van der Waals surface area contributed by atoms with E-state index in [-0.39, 0.29) is 27.8 Å². The van der Waals surface area contributed by atoms with Gasteiger partial charge >= 0.3 is 5.97 Å². The quantitative estimate of drug-likeness (QED) is 0.0677. The van der Waals surface area contributed by atoms with Gasteiger partial charge in [0, 0.05) is 15.2 Å². The van der Waals surface area contributed by atoms with Crippen molar-refractivity contribution in [3.63, 3.8) is 0 Å². The Balaban J connectivity index is 3.51. The summed E-state index contributed by atoms with van der Waals surface area (Å²) in [5, 5.41) is 25.4. The molecule has 0 aromatic heterocycles. The van der Waals surface area contributed by atoms with E-state index in [4.69, 9.17) is 20.9 Å². The zero-order chi connectivity index (χ0) is 22.6. The lowest BCUT2D eigenvalue weighted by atomic mass is 10.1. The summed E-state index contributed by atoms with van der Waals surface area (Å²) in [6.07, 6.45) is 1.05. The van der Waals surface area contributed by atoms with E-state index >= 15 is 0 Å². The van der Waals surface area contributed by atoms with Gasteiger partial charge in [0.2, 0.25) is 0 Å². The average Bonchev–Trinajstić information content (AvgIpc) is 2.58. The summed E-state index contributed by atoms with van der Waals surface area (Å²) in [5.74, 6) is -1.44. The molecule has 0 spiro atoms. The van der Waals surface area contributed by atoms with E-state index in [1.54, 1.807) is 6.92 Å². The van der Waals surface area contributed by atoms with Crippen molar-refractivity contribution in [1.29, 1.82) is 0 Å². The number of benzene rings is 1. The van der Waals surface area contributed by atoms with Crippen molar-refractivity contribution < 1.29 is 24.1 Å². The molecule has 160 valence electrons. The Labute approximate surface area is 189 Å². The first-order valence-corrected chi connectivity index (χ1v) is 13.0. The standard InChI is InChI=1S/C18H24ClIN2O6Si/c1-7-27-17(24)13(10-21-28-29(5,6)18(2,3)4)16(23)12-8-11(20)9-14(15(12)19)22(25)26/h8-10,23H,7H2,1-6H3. The summed E-state index contributed by atoms with van der Waals surface area (Å²) in [5.41, 5.74) is -0.784. The van der Waals surface area contributed by atoms with Gasteiger partial charge in [0.1, 0.15) is 16.4 Å². The lowest BCUT2D eigenvalue weighted by molar-refractivity contribution is -0.384. The fourth-order valence-electron chi connectivity index (χ4n) is 1.79. The van der Waals surface area contributed by atoms with E-state index in [1.807, 2.05) is 56.5 Å². The molecule has 0 aliphatic heterocycles. The molecule has 0 unspecified atom stereocenters. The average molecular weight is 555 g/mol. The van der Waals surface area contributed by atoms with Gasteiger partial charge in [-0.3, -0.25) is 10.1 Å². The number of hydrogen-bond donors (Lipinski definition) is 1. The summed E-state index contributed by atoms with van der Waals surface area (Å²) in [7, 11) is -2.25. The van der Waals surface area contributed by atoms with Gasteiger partial charge in [-0.05, 0) is 53.7 Å². The molecule has 0 atom stereocenters. The number of carbonyl (C=O) groups excluding carboxylic acids is 1. The maximum absolute atomic E-state index is 12.4. The maximum atomic E-state index is 12.4. The third kappa shape index (κ3) is 6.41. The highest BCUT2D eigenvalue weighted by Crippen LogP contribution is 2.37. The SMILES string of the molecule is CCOC(=O)C(C=NO[Si](C)(C)C(C)(C)C)=C(O)c1cc(I)cc([N+](=O)[O-])c1Cl. The summed E-state index contributed by atoms with van der Waals surface area (Å²) in [6.45, 7) is 11.7. The monoisotopic (exact) mass is 554 g/mol. The number of nitrogens with zero attached hydrogens (tertiary/aromatic N) is 2. The first kappa shape index (κ1) is 25.4. The molecule has 0 aliphatic rings. The fourth-order valence-corrected chi connectivity index (χ4v) is 3.26. The van der Waals surface area contributed by atoms with Crippen LogP contribution in [0.2, 0.25) is 23.2 Å². The van der Waals surface area contributed by atoms with Crippen LogP contribution in [0.1, 0.15) is 33.3 Å². The van der Waals surface area contributed by atoms with E-state index in [0.29, 0.717) is 3.57 Å². The van der Waals surface area contributed by atoms with Gasteiger partial charge in [0.05, 0.1) is 17.7 Å². The van der Waals surface area contributed by atoms with Crippen molar-refractivity contribution in [1.82, 2.24) is 0 Å². The number of ether oxygens (including phenoxy) is 1. The molecule has 0 fully saturated rings. The zero-order valence-electron chi connectivity index (χ0n) is 17.1. The number of carbonyl (C=O) groups is 1. The number of oxime groups is 1. The van der Waals surface area contributed by atoms with Crippen molar-refractivity contribution in [3.05, 3.63) is 42.0 Å². The summed E-state index contributed by atoms with van der Waals surface area (Å²) < 4.78 is 11.1. The summed E-state index contributed by atoms with van der Waals surface area (Å²) in [6, 6.07) is 2.69. The van der Waals surface area contributed by atoms with E-state index in [9.17, 15) is 20.0 Å². The second kappa shape index (κ2) is 9.89. The second-order valence-electron chi connectivity index (χ2n) is 7.61. The van der Waals surface area contributed by atoms with Crippen LogP contribution in [0.5, 0.6) is 0 Å². The predicted octanol–water partition coefficient (Wildman–Crippen LogP) is 5.69. The highest BCUT2D eigenvalue weighted by atomic mass is 127. The molecule has 0 bridgehead atoms. The van der Waals surface area contributed by atoms with Crippen LogP contribution in [0.3, 0.4) is 0 Å². The Kier molecular flexibility index (Phi) is 8.66. The molecule has 0 aliphatic carbocycles. The van der Waals surface area contributed by atoms with Gasteiger partial charge < -0.3 is 14.4 Å². The van der Waals surface area contributed by atoms with E-state index in [1.165, 1.54) is 12.1 Å². The molecule has 0 saturated carbocycles. The minimum Gasteiger partial charge on any atom is -0.506 e. The van der Waals surface area contributed by atoms with Gasteiger partial charge in [0.25, 0.3) is 14.0 Å². The molecular formula is C18H24ClIN2O6Si. The Hall–Kier alpha value is -1.66. The number of esters is 1. The van der Waals surface area contributed by atoms with Crippen molar-refractivity contribution in [3.8, 4) is 0 Å². The number of aliphatic hydroxyl groups is 1. The van der Waals surface area contributed by atoms with Gasteiger partial charge in [0.15, 0.2) is 0 Å². The van der Waals surface area contributed by atoms with Gasteiger partial charge in [-0.2, -0.15) is 0 Å². The molecule has 8 nitrogen and oxygen atoms in total. The number of nitro groups is 1. The minimum absolute atomic E-state index is 0.0623. The normalized spacial score (nSPS) is 13.2. The van der Waals surface area contributed by atoms with Crippen molar-refractivity contribution in [2.75, 3.05) is 6.61 Å². The third-order valence-corrected chi connectivity index (χ3v) is 9.68. The molecule has 11 heteroatoms. The van der Waals surface area contributed by atoms with Gasteiger partial charge in [-0.15, -0.1) is 5.16 Å². The van der Waals surface area contributed by atoms with E-state index in [2.05, 4.69) is 5.16 Å². The van der Waals surface area contributed by atoms with E-state index < -0.39 is 30.7 Å². The molecular weight excluding hydrogens is 531 g/mol. The van der Waals surface area contributed by atoms with Crippen LogP contribution < -0.4 is 0 Å². The lowest BCUT2D eigenvalue weighted by Gasteiger charge is -2.33. The van der Waals surface area contributed by atoms with Crippen molar-refractivity contribution in [2.45, 2.75) is 45.8 Å². The summed E-state index contributed by atoms with van der Waals surface area (Å²) >= 11 is 7.96. The molecule has 29 heavy (non-hydrogen) atoms. The smallest absolute Gasteiger partial charge is 0.343 e. The second-order valence-corrected chi connectivity index (χ2v) is 13.9. The topological polar surface area (TPSA) is 111 Å². The number of halogens is 2. The number of aliphatic hydroxyl groups excluding tert-OH is 1. The van der Waals surface area contributed by atoms with Crippen molar-refractivity contribution in [2.24, 2.45) is 5.16 Å². The molecule has 1 N–H and O–H groups in total. The first-order valence-electron chi connectivity index (χ1n) is 8.68. The molecule has 0 saturated heterocycles. The molecule has 0 radical (unpaired) electrons. The molecule has 1 rings (SSSR count). The Morgan fingerprint density at radius 1 is 1.41 bits per heavy atom. The van der Waals surface area contributed by atoms with Crippen LogP contribution in [0.25, 0.3) is 5.76 Å². The predicted molar refractivity (Wildman–Crippen MR) is 124 cm³/mol. The Morgan fingerprint density at radius 3 is 2.48 bits per heavy atom.